The summed E-state index contributed by atoms with van der Waals surface area (Å²) in [5.41, 5.74) is 1.10. The van der Waals surface area contributed by atoms with E-state index in [0.717, 1.165) is 6.26 Å². The number of anilines is 1. The van der Waals surface area contributed by atoms with Crippen LogP contribution in [-0.2, 0) is 10.0 Å². The molecule has 98 valence electrons. The Labute approximate surface area is 109 Å². The van der Waals surface area contributed by atoms with E-state index < -0.39 is 10.0 Å². The lowest BCUT2D eigenvalue weighted by molar-refractivity contribution is 0.581. The molecular weight excluding hydrogens is 266 g/mol. The van der Waals surface area contributed by atoms with Crippen molar-refractivity contribution in [3.8, 4) is 11.5 Å². The maximum atomic E-state index is 11.5. The molecule has 1 N–H and O–H groups in total. The average Bonchev–Trinajstić information content (AvgIpc) is 2.95. The lowest BCUT2D eigenvalue weighted by Gasteiger charge is -2.04. The van der Waals surface area contributed by atoms with Crippen molar-refractivity contribution in [2.45, 2.75) is 0 Å². The molecule has 0 saturated carbocycles. The average molecular weight is 277 g/mol. The van der Waals surface area contributed by atoms with Crippen LogP contribution >= 0.6 is 0 Å². The van der Waals surface area contributed by atoms with Crippen molar-refractivity contribution in [1.82, 2.24) is 9.38 Å². The molecule has 19 heavy (non-hydrogen) atoms. The van der Waals surface area contributed by atoms with Crippen LogP contribution in [0.1, 0.15) is 0 Å². The second-order valence-electron chi connectivity index (χ2n) is 4.09. The topological polar surface area (TPSA) is 76.6 Å². The molecule has 6 nitrogen and oxygen atoms in total. The smallest absolute Gasteiger partial charge is 0.230 e. The first-order chi connectivity index (χ1) is 9.04. The number of rotatable bonds is 3. The van der Waals surface area contributed by atoms with E-state index in [4.69, 9.17) is 4.42 Å². The van der Waals surface area contributed by atoms with Gasteiger partial charge in [-0.3, -0.25) is 9.12 Å². The van der Waals surface area contributed by atoms with Gasteiger partial charge in [0.15, 0.2) is 11.6 Å². The van der Waals surface area contributed by atoms with Gasteiger partial charge < -0.3 is 4.42 Å². The van der Waals surface area contributed by atoms with Crippen molar-refractivity contribution in [2.75, 3.05) is 11.0 Å². The van der Waals surface area contributed by atoms with E-state index in [2.05, 4.69) is 9.71 Å². The number of nitrogens with one attached hydrogen (secondary N) is 1. The predicted octanol–water partition coefficient (Wildman–Crippen LogP) is 1.97. The van der Waals surface area contributed by atoms with Crippen molar-refractivity contribution in [1.29, 1.82) is 0 Å². The molecule has 0 amide bonds. The summed E-state index contributed by atoms with van der Waals surface area (Å²) < 4.78 is 32.4. The molecule has 0 aliphatic carbocycles. The Morgan fingerprint density at radius 1 is 1.26 bits per heavy atom. The minimum Gasteiger partial charge on any atom is -0.463 e. The van der Waals surface area contributed by atoms with Crippen LogP contribution in [-0.4, -0.2) is 24.1 Å². The van der Waals surface area contributed by atoms with Gasteiger partial charge in [0.25, 0.3) is 0 Å². The fourth-order valence-corrected chi connectivity index (χ4v) is 2.40. The minimum absolute atomic E-state index is 0.369. The van der Waals surface area contributed by atoms with Gasteiger partial charge in [0.1, 0.15) is 11.3 Å². The summed E-state index contributed by atoms with van der Waals surface area (Å²) in [6, 6.07) is 8.88. The Hall–Kier alpha value is -2.28. The third-order valence-corrected chi connectivity index (χ3v) is 3.13. The number of pyridine rings is 1. The molecular formula is C12H11N3O3S. The number of aromatic nitrogens is 2. The van der Waals surface area contributed by atoms with Crippen molar-refractivity contribution in [3.63, 3.8) is 0 Å². The number of hydrogen-bond acceptors (Lipinski definition) is 4. The molecule has 7 heteroatoms. The third-order valence-electron chi connectivity index (χ3n) is 2.57. The van der Waals surface area contributed by atoms with Crippen LogP contribution in [0.25, 0.3) is 17.1 Å². The quantitative estimate of drug-likeness (QED) is 0.794. The highest BCUT2D eigenvalue weighted by Crippen LogP contribution is 2.29. The maximum absolute atomic E-state index is 11.5. The summed E-state index contributed by atoms with van der Waals surface area (Å²) in [4.78, 5) is 4.38. The van der Waals surface area contributed by atoms with Crippen molar-refractivity contribution < 1.29 is 12.8 Å². The van der Waals surface area contributed by atoms with Gasteiger partial charge in [-0.25, -0.2) is 13.4 Å². The van der Waals surface area contributed by atoms with Crippen LogP contribution in [0, 0.1) is 0 Å². The van der Waals surface area contributed by atoms with Gasteiger partial charge in [-0.05, 0) is 24.3 Å². The standard InChI is InChI=1S/C12H11N3O3S/c1-19(16,17)14-12-11(9-5-4-8-18-9)13-10-6-2-3-7-15(10)12/h2-8,14H,1H3. The summed E-state index contributed by atoms with van der Waals surface area (Å²) in [5, 5.41) is 0. The summed E-state index contributed by atoms with van der Waals surface area (Å²) >= 11 is 0. The molecule has 0 fully saturated rings. The molecule has 0 atom stereocenters. The Kier molecular flexibility index (Phi) is 2.56. The first-order valence-electron chi connectivity index (χ1n) is 5.53. The van der Waals surface area contributed by atoms with Crippen LogP contribution in [0.4, 0.5) is 5.82 Å². The summed E-state index contributed by atoms with van der Waals surface area (Å²) in [7, 11) is -3.40. The van der Waals surface area contributed by atoms with Crippen LogP contribution < -0.4 is 4.72 Å². The van der Waals surface area contributed by atoms with Crippen LogP contribution in [0.2, 0.25) is 0 Å². The second kappa shape index (κ2) is 4.13. The first kappa shape index (κ1) is 11.8. The molecule has 0 aliphatic heterocycles. The number of furan rings is 1. The van der Waals surface area contributed by atoms with Gasteiger partial charge in [0.2, 0.25) is 10.0 Å². The summed E-state index contributed by atoms with van der Waals surface area (Å²) in [6.07, 6.45) is 4.35. The zero-order valence-electron chi connectivity index (χ0n) is 10.1. The monoisotopic (exact) mass is 277 g/mol. The number of nitrogens with zero attached hydrogens (tertiary/aromatic N) is 2. The molecule has 0 spiro atoms. The van der Waals surface area contributed by atoms with Crippen LogP contribution in [0.3, 0.4) is 0 Å². The summed E-state index contributed by atoms with van der Waals surface area (Å²) in [6.45, 7) is 0. The normalized spacial score (nSPS) is 11.8. The fourth-order valence-electron chi connectivity index (χ4n) is 1.85. The molecule has 3 aromatic heterocycles. The van der Waals surface area contributed by atoms with Crippen LogP contribution in [0.15, 0.2) is 47.2 Å². The maximum Gasteiger partial charge on any atom is 0.230 e. The summed E-state index contributed by atoms with van der Waals surface area (Å²) in [5.74, 6) is 0.878. The second-order valence-corrected chi connectivity index (χ2v) is 5.84. The molecule has 0 aliphatic rings. The Morgan fingerprint density at radius 2 is 2.11 bits per heavy atom. The molecule has 3 rings (SSSR count). The van der Waals surface area contributed by atoms with E-state index in [9.17, 15) is 8.42 Å². The molecule has 0 radical (unpaired) electrons. The van der Waals surface area contributed by atoms with Gasteiger partial charge in [-0.15, -0.1) is 0 Å². The molecule has 0 unspecified atom stereocenters. The van der Waals surface area contributed by atoms with Gasteiger partial charge in [-0.1, -0.05) is 6.07 Å². The van der Waals surface area contributed by atoms with Crippen LogP contribution in [0.5, 0.6) is 0 Å². The van der Waals surface area contributed by atoms with E-state index in [0.29, 0.717) is 22.9 Å². The Bertz CT molecular complexity index is 819. The van der Waals surface area contributed by atoms with E-state index >= 15 is 0 Å². The highest BCUT2D eigenvalue weighted by Gasteiger charge is 2.18. The zero-order chi connectivity index (χ0) is 13.5. The minimum atomic E-state index is -3.40. The number of imidazole rings is 1. The largest absolute Gasteiger partial charge is 0.463 e. The highest BCUT2D eigenvalue weighted by atomic mass is 32.2. The van der Waals surface area contributed by atoms with Gasteiger partial charge in [-0.2, -0.15) is 0 Å². The van der Waals surface area contributed by atoms with Gasteiger partial charge in [0.05, 0.1) is 12.5 Å². The van der Waals surface area contributed by atoms with Crippen molar-refractivity contribution in [2.24, 2.45) is 0 Å². The first-order valence-corrected chi connectivity index (χ1v) is 7.42. The molecule has 0 bridgehead atoms. The van der Waals surface area contributed by atoms with E-state index in [-0.39, 0.29) is 0 Å². The van der Waals surface area contributed by atoms with E-state index in [1.54, 1.807) is 34.9 Å². The fraction of sp³-hybridized carbons (Fsp3) is 0.0833. The lowest BCUT2D eigenvalue weighted by atomic mass is 10.3. The van der Waals surface area contributed by atoms with E-state index in [1.807, 2.05) is 6.07 Å². The molecule has 0 aromatic carbocycles. The molecule has 3 aromatic rings. The predicted molar refractivity (Wildman–Crippen MR) is 71.4 cm³/mol. The van der Waals surface area contributed by atoms with E-state index in [1.165, 1.54) is 6.26 Å². The Morgan fingerprint density at radius 3 is 2.79 bits per heavy atom. The number of sulfonamides is 1. The molecule has 3 heterocycles. The van der Waals surface area contributed by atoms with Crippen molar-refractivity contribution >= 4 is 21.5 Å². The van der Waals surface area contributed by atoms with Crippen molar-refractivity contribution in [3.05, 3.63) is 42.8 Å². The Balaban J connectivity index is 2.29. The van der Waals surface area contributed by atoms with Gasteiger partial charge in [0, 0.05) is 6.20 Å². The number of fused-ring (bicyclic) bond motifs is 1. The number of hydrogen-bond donors (Lipinski definition) is 1. The zero-order valence-corrected chi connectivity index (χ0v) is 10.9. The van der Waals surface area contributed by atoms with Gasteiger partial charge >= 0.3 is 0 Å². The third kappa shape index (κ3) is 2.19. The lowest BCUT2D eigenvalue weighted by Crippen LogP contribution is -2.12. The highest BCUT2D eigenvalue weighted by molar-refractivity contribution is 7.92. The SMILES string of the molecule is CS(=O)(=O)Nc1c(-c2ccco2)nc2ccccn12. The molecule has 0 saturated heterocycles.